The highest BCUT2D eigenvalue weighted by atomic mass is 32.1. The molecule has 0 saturated heterocycles. The van der Waals surface area contributed by atoms with Crippen molar-refractivity contribution in [2.24, 2.45) is 5.92 Å². The summed E-state index contributed by atoms with van der Waals surface area (Å²) in [4.78, 5) is 26.0. The van der Waals surface area contributed by atoms with E-state index in [-0.39, 0.29) is 16.9 Å². The maximum atomic E-state index is 12.6. The van der Waals surface area contributed by atoms with Gasteiger partial charge in [-0.3, -0.25) is 14.9 Å². The molecule has 0 aliphatic carbocycles. The minimum atomic E-state index is -0.333. The molecule has 0 heterocycles. The monoisotopic (exact) mass is 427 g/mol. The zero-order valence-corrected chi connectivity index (χ0v) is 18.7. The van der Waals surface area contributed by atoms with Crippen LogP contribution in [0.2, 0.25) is 0 Å². The van der Waals surface area contributed by atoms with Crippen LogP contribution in [-0.2, 0) is 11.2 Å². The van der Waals surface area contributed by atoms with Crippen molar-refractivity contribution in [1.82, 2.24) is 10.2 Å². The molecule has 0 aliphatic heterocycles. The van der Waals surface area contributed by atoms with Gasteiger partial charge in [-0.15, -0.1) is 0 Å². The number of nitrogens with zero attached hydrogens (tertiary/aromatic N) is 1. The Morgan fingerprint density at radius 3 is 2.37 bits per heavy atom. The van der Waals surface area contributed by atoms with Crippen molar-refractivity contribution in [1.29, 1.82) is 0 Å². The molecule has 2 aromatic rings. The Kier molecular flexibility index (Phi) is 8.80. The van der Waals surface area contributed by atoms with Crippen LogP contribution in [0.15, 0.2) is 48.5 Å². The third-order valence-corrected chi connectivity index (χ3v) is 4.58. The van der Waals surface area contributed by atoms with Gasteiger partial charge in [0.2, 0.25) is 5.91 Å². The summed E-state index contributed by atoms with van der Waals surface area (Å²) >= 11 is 5.27. The number of para-hydroxylation sites is 1. The molecular weight excluding hydrogens is 398 g/mol. The van der Waals surface area contributed by atoms with Gasteiger partial charge in [0.1, 0.15) is 5.75 Å². The van der Waals surface area contributed by atoms with Crippen molar-refractivity contribution in [3.05, 3.63) is 59.7 Å². The fourth-order valence-corrected chi connectivity index (χ4v) is 2.77. The molecule has 6 nitrogen and oxygen atoms in total. The molecule has 2 rings (SSSR count). The third kappa shape index (κ3) is 7.48. The van der Waals surface area contributed by atoms with Crippen LogP contribution in [0.5, 0.6) is 5.75 Å². The van der Waals surface area contributed by atoms with E-state index >= 15 is 0 Å². The van der Waals surface area contributed by atoms with Gasteiger partial charge in [0.25, 0.3) is 5.91 Å². The number of nitrogens with one attached hydrogen (secondary N) is 2. The van der Waals surface area contributed by atoms with Crippen molar-refractivity contribution < 1.29 is 14.3 Å². The maximum absolute atomic E-state index is 12.6. The SMILES string of the molecule is CC(C)CCOc1ccccc1C(=O)NC(=S)Nc1ccc(CC(=O)N(C)C)cc1. The Bertz CT molecular complexity index is 880. The summed E-state index contributed by atoms with van der Waals surface area (Å²) < 4.78 is 5.78. The largest absolute Gasteiger partial charge is 0.493 e. The average molecular weight is 428 g/mol. The summed E-state index contributed by atoms with van der Waals surface area (Å²) in [7, 11) is 3.46. The average Bonchev–Trinajstić information content (AvgIpc) is 2.69. The second-order valence-electron chi connectivity index (χ2n) is 7.60. The van der Waals surface area contributed by atoms with Crippen molar-refractivity contribution >= 4 is 34.8 Å². The lowest BCUT2D eigenvalue weighted by Crippen LogP contribution is -2.34. The smallest absolute Gasteiger partial charge is 0.261 e. The van der Waals surface area contributed by atoms with Gasteiger partial charge in [-0.25, -0.2) is 0 Å². The summed E-state index contributed by atoms with van der Waals surface area (Å²) in [5.74, 6) is 0.761. The fraction of sp³-hybridized carbons (Fsp3) is 0.348. The van der Waals surface area contributed by atoms with E-state index in [0.717, 1.165) is 17.7 Å². The number of thiocarbonyl (C=S) groups is 1. The van der Waals surface area contributed by atoms with Gasteiger partial charge in [0.15, 0.2) is 5.11 Å². The summed E-state index contributed by atoms with van der Waals surface area (Å²) in [6.07, 6.45) is 1.24. The number of amides is 2. The zero-order valence-electron chi connectivity index (χ0n) is 17.9. The molecule has 2 aromatic carbocycles. The Morgan fingerprint density at radius 2 is 1.73 bits per heavy atom. The number of carbonyl (C=O) groups is 2. The van der Waals surface area contributed by atoms with Crippen LogP contribution in [0.3, 0.4) is 0 Å². The number of carbonyl (C=O) groups excluding carboxylic acids is 2. The lowest BCUT2D eigenvalue weighted by molar-refractivity contribution is -0.127. The first-order valence-electron chi connectivity index (χ1n) is 9.89. The lowest BCUT2D eigenvalue weighted by atomic mass is 10.1. The van der Waals surface area contributed by atoms with E-state index in [1.54, 1.807) is 37.2 Å². The third-order valence-electron chi connectivity index (χ3n) is 4.38. The lowest BCUT2D eigenvalue weighted by Gasteiger charge is -2.14. The number of ether oxygens (including phenoxy) is 1. The molecule has 0 atom stereocenters. The first kappa shape index (κ1) is 23.3. The Morgan fingerprint density at radius 1 is 1.07 bits per heavy atom. The number of benzene rings is 2. The van der Waals surface area contributed by atoms with Gasteiger partial charge in [-0.1, -0.05) is 38.1 Å². The Balaban J connectivity index is 1.93. The van der Waals surface area contributed by atoms with Crippen LogP contribution < -0.4 is 15.4 Å². The first-order valence-corrected chi connectivity index (χ1v) is 10.3. The molecule has 0 bridgehead atoms. The summed E-state index contributed by atoms with van der Waals surface area (Å²) in [5.41, 5.74) is 2.06. The normalized spacial score (nSPS) is 10.4. The van der Waals surface area contributed by atoms with Gasteiger partial charge >= 0.3 is 0 Å². The van der Waals surface area contributed by atoms with Crippen LogP contribution in [0.1, 0.15) is 36.2 Å². The number of likely N-dealkylation sites (N-methyl/N-ethyl adjacent to an activating group) is 1. The molecule has 0 radical (unpaired) electrons. The topological polar surface area (TPSA) is 70.7 Å². The van der Waals surface area contributed by atoms with Crippen molar-refractivity contribution in [3.63, 3.8) is 0 Å². The van der Waals surface area contributed by atoms with Crippen LogP contribution in [-0.4, -0.2) is 42.5 Å². The molecule has 2 amide bonds. The van der Waals surface area contributed by atoms with Crippen LogP contribution in [0, 0.1) is 5.92 Å². The number of anilines is 1. The fourth-order valence-electron chi connectivity index (χ4n) is 2.56. The number of hydrogen-bond donors (Lipinski definition) is 2. The van der Waals surface area contributed by atoms with Crippen LogP contribution >= 0.6 is 12.2 Å². The molecular formula is C23H29N3O3S. The Hall–Kier alpha value is -2.93. The van der Waals surface area contributed by atoms with E-state index in [1.165, 1.54) is 0 Å². The summed E-state index contributed by atoms with van der Waals surface area (Å²) in [5, 5.41) is 5.86. The minimum absolute atomic E-state index is 0.0350. The van der Waals surface area contributed by atoms with Crippen molar-refractivity contribution in [2.75, 3.05) is 26.0 Å². The molecule has 7 heteroatoms. The van der Waals surface area contributed by atoms with E-state index < -0.39 is 0 Å². The quantitative estimate of drug-likeness (QED) is 0.626. The molecule has 30 heavy (non-hydrogen) atoms. The minimum Gasteiger partial charge on any atom is -0.493 e. The van der Waals surface area contributed by atoms with Crippen molar-refractivity contribution in [3.8, 4) is 5.75 Å². The predicted molar refractivity (Wildman–Crippen MR) is 124 cm³/mol. The van der Waals surface area contributed by atoms with E-state index in [2.05, 4.69) is 24.5 Å². The molecule has 0 aliphatic rings. The van der Waals surface area contributed by atoms with Crippen molar-refractivity contribution in [2.45, 2.75) is 26.7 Å². The first-order chi connectivity index (χ1) is 14.3. The van der Waals surface area contributed by atoms with Gasteiger partial charge < -0.3 is 15.0 Å². The molecule has 0 saturated carbocycles. The number of hydrogen-bond acceptors (Lipinski definition) is 4. The summed E-state index contributed by atoms with van der Waals surface area (Å²) in [6.45, 7) is 4.80. The second-order valence-corrected chi connectivity index (χ2v) is 8.01. The molecule has 160 valence electrons. The van der Waals surface area contributed by atoms with Crippen LogP contribution in [0.4, 0.5) is 5.69 Å². The van der Waals surface area contributed by atoms with Gasteiger partial charge in [-0.05, 0) is 54.4 Å². The van der Waals surface area contributed by atoms with E-state index in [4.69, 9.17) is 17.0 Å². The highest BCUT2D eigenvalue weighted by Crippen LogP contribution is 2.19. The van der Waals surface area contributed by atoms with E-state index in [9.17, 15) is 9.59 Å². The van der Waals surface area contributed by atoms with E-state index in [1.807, 2.05) is 30.3 Å². The van der Waals surface area contributed by atoms with Crippen LogP contribution in [0.25, 0.3) is 0 Å². The second kappa shape index (κ2) is 11.3. The van der Waals surface area contributed by atoms with Gasteiger partial charge in [0, 0.05) is 19.8 Å². The molecule has 2 N–H and O–H groups in total. The standard InChI is InChI=1S/C23H29N3O3S/c1-16(2)13-14-29-20-8-6-5-7-19(20)22(28)25-23(30)24-18-11-9-17(10-12-18)15-21(27)26(3)4/h5-12,16H,13-15H2,1-4H3,(H2,24,25,28,30). The summed E-state index contributed by atoms with van der Waals surface area (Å²) in [6, 6.07) is 14.4. The van der Waals surface area contributed by atoms with Gasteiger partial charge in [-0.2, -0.15) is 0 Å². The molecule has 0 aromatic heterocycles. The predicted octanol–water partition coefficient (Wildman–Crippen LogP) is 3.87. The zero-order chi connectivity index (χ0) is 22.1. The molecule has 0 fully saturated rings. The maximum Gasteiger partial charge on any atom is 0.261 e. The van der Waals surface area contributed by atoms with E-state index in [0.29, 0.717) is 30.3 Å². The highest BCUT2D eigenvalue weighted by Gasteiger charge is 2.14. The molecule has 0 spiro atoms. The Labute approximate surface area is 183 Å². The highest BCUT2D eigenvalue weighted by molar-refractivity contribution is 7.80. The number of rotatable bonds is 8. The van der Waals surface area contributed by atoms with Gasteiger partial charge in [0.05, 0.1) is 18.6 Å². The molecule has 0 unspecified atom stereocenters.